The largest absolute Gasteiger partial charge is 0.497 e. The molecule has 1 aliphatic rings. The van der Waals surface area contributed by atoms with Crippen molar-refractivity contribution in [2.75, 3.05) is 12.0 Å². The van der Waals surface area contributed by atoms with Gasteiger partial charge < -0.3 is 4.74 Å². The summed E-state index contributed by atoms with van der Waals surface area (Å²) in [4.78, 5) is 38.0. The molecule has 4 amide bonds. The van der Waals surface area contributed by atoms with Crippen molar-refractivity contribution in [3.63, 3.8) is 0 Å². The highest BCUT2D eigenvalue weighted by Crippen LogP contribution is 2.24. The van der Waals surface area contributed by atoms with E-state index in [2.05, 4.69) is 5.32 Å². The number of imide groups is 2. The number of urea groups is 1. The second-order valence-corrected chi connectivity index (χ2v) is 5.90. The Balaban J connectivity index is 1.87. The highest BCUT2D eigenvalue weighted by Gasteiger charge is 2.36. The van der Waals surface area contributed by atoms with Crippen LogP contribution in [0, 0.1) is 6.92 Å². The highest BCUT2D eigenvalue weighted by molar-refractivity contribution is 6.37. The number of ether oxygens (including phenoxy) is 1. The van der Waals surface area contributed by atoms with Gasteiger partial charge in [0.25, 0.3) is 11.8 Å². The van der Waals surface area contributed by atoms with Gasteiger partial charge in [0.2, 0.25) is 0 Å². The van der Waals surface area contributed by atoms with E-state index in [1.165, 1.54) is 6.08 Å². The lowest BCUT2D eigenvalue weighted by atomic mass is 10.1. The van der Waals surface area contributed by atoms with Gasteiger partial charge in [-0.25, -0.2) is 9.69 Å². The number of hydrogen-bond acceptors (Lipinski definition) is 4. The summed E-state index contributed by atoms with van der Waals surface area (Å²) in [5.74, 6) is -0.633. The predicted molar refractivity (Wildman–Crippen MR) is 102 cm³/mol. The number of hydrogen-bond donors (Lipinski definition) is 1. The standard InChI is InChI=1S/C21H18N2O4/c1-14-6-3-4-9-18(14)23-20(25)17(19(24)22-21(23)26)8-5-7-15-10-12-16(27-2)13-11-15/h3-13H,1-2H3,(H,22,24,26)/b7-5+,17-8+. The fourth-order valence-electron chi connectivity index (χ4n) is 2.68. The van der Waals surface area contributed by atoms with Crippen LogP contribution in [-0.4, -0.2) is 25.0 Å². The zero-order valence-corrected chi connectivity index (χ0v) is 14.9. The van der Waals surface area contributed by atoms with Crippen molar-refractivity contribution in [3.05, 3.63) is 77.4 Å². The van der Waals surface area contributed by atoms with E-state index >= 15 is 0 Å². The van der Waals surface area contributed by atoms with Gasteiger partial charge in [0.05, 0.1) is 12.8 Å². The van der Waals surface area contributed by atoms with E-state index in [0.29, 0.717) is 5.69 Å². The maximum Gasteiger partial charge on any atom is 0.335 e. The number of rotatable bonds is 4. The second kappa shape index (κ2) is 7.70. The predicted octanol–water partition coefficient (Wildman–Crippen LogP) is 3.23. The molecular formula is C21H18N2O4. The van der Waals surface area contributed by atoms with E-state index < -0.39 is 17.8 Å². The Hall–Kier alpha value is -3.67. The SMILES string of the molecule is COc1ccc(/C=C/C=C2\C(=O)NC(=O)N(c3ccccc3C)C2=O)cc1. The Labute approximate surface area is 156 Å². The summed E-state index contributed by atoms with van der Waals surface area (Å²) >= 11 is 0. The molecule has 0 aliphatic carbocycles. The van der Waals surface area contributed by atoms with E-state index in [-0.39, 0.29) is 5.57 Å². The first-order valence-electron chi connectivity index (χ1n) is 8.29. The third-order valence-electron chi connectivity index (χ3n) is 4.13. The van der Waals surface area contributed by atoms with Crippen LogP contribution in [0.1, 0.15) is 11.1 Å². The molecule has 27 heavy (non-hydrogen) atoms. The normalized spacial score (nSPS) is 16.1. The molecule has 2 aromatic rings. The summed E-state index contributed by atoms with van der Waals surface area (Å²) in [6.07, 6.45) is 4.75. The van der Waals surface area contributed by atoms with Gasteiger partial charge in [-0.15, -0.1) is 0 Å². The van der Waals surface area contributed by atoms with Gasteiger partial charge >= 0.3 is 6.03 Å². The quantitative estimate of drug-likeness (QED) is 0.669. The first-order valence-corrected chi connectivity index (χ1v) is 8.29. The van der Waals surface area contributed by atoms with Crippen LogP contribution in [0.5, 0.6) is 5.75 Å². The molecule has 6 heteroatoms. The number of anilines is 1. The summed E-state index contributed by atoms with van der Waals surface area (Å²) in [7, 11) is 1.59. The van der Waals surface area contributed by atoms with Crippen molar-refractivity contribution in [3.8, 4) is 5.75 Å². The minimum Gasteiger partial charge on any atom is -0.497 e. The van der Waals surface area contributed by atoms with Gasteiger partial charge in [-0.2, -0.15) is 0 Å². The molecule has 1 saturated heterocycles. The Bertz CT molecular complexity index is 958. The number of methoxy groups -OCH3 is 1. The summed E-state index contributed by atoms with van der Waals surface area (Å²) in [5.41, 5.74) is 1.96. The monoisotopic (exact) mass is 362 g/mol. The summed E-state index contributed by atoms with van der Waals surface area (Å²) < 4.78 is 5.10. The Morgan fingerprint density at radius 1 is 1.00 bits per heavy atom. The van der Waals surface area contributed by atoms with Crippen molar-refractivity contribution in [1.82, 2.24) is 5.32 Å². The number of amides is 4. The lowest BCUT2D eigenvalue weighted by Gasteiger charge is -2.27. The van der Waals surface area contributed by atoms with E-state index in [9.17, 15) is 14.4 Å². The molecule has 0 saturated carbocycles. The van der Waals surface area contributed by atoms with Gasteiger partial charge in [0, 0.05) is 0 Å². The molecule has 2 aromatic carbocycles. The maximum atomic E-state index is 12.8. The average Bonchev–Trinajstić information content (AvgIpc) is 2.66. The number of nitrogens with one attached hydrogen (secondary N) is 1. The summed E-state index contributed by atoms with van der Waals surface area (Å²) in [6, 6.07) is 13.5. The van der Waals surface area contributed by atoms with Crippen LogP contribution in [0.3, 0.4) is 0 Å². The van der Waals surface area contributed by atoms with Crippen LogP contribution >= 0.6 is 0 Å². The number of allylic oxidation sites excluding steroid dienone is 2. The number of carbonyl (C=O) groups is 3. The third-order valence-corrected chi connectivity index (χ3v) is 4.13. The van der Waals surface area contributed by atoms with Crippen LogP contribution in [0.2, 0.25) is 0 Å². The molecule has 0 atom stereocenters. The minimum atomic E-state index is -0.754. The molecule has 3 rings (SSSR count). The van der Waals surface area contributed by atoms with Gasteiger partial charge in [0.15, 0.2) is 0 Å². The van der Waals surface area contributed by atoms with Gasteiger partial charge in [-0.3, -0.25) is 14.9 Å². The molecule has 0 unspecified atom stereocenters. The maximum absolute atomic E-state index is 12.8. The molecule has 1 heterocycles. The van der Waals surface area contributed by atoms with Crippen LogP contribution in [0.4, 0.5) is 10.5 Å². The first-order chi connectivity index (χ1) is 13.0. The van der Waals surface area contributed by atoms with Crippen molar-refractivity contribution in [1.29, 1.82) is 0 Å². The number of aryl methyl sites for hydroxylation is 1. The lowest BCUT2D eigenvalue weighted by Crippen LogP contribution is -2.54. The van der Waals surface area contributed by atoms with Crippen molar-refractivity contribution in [2.24, 2.45) is 0 Å². The van der Waals surface area contributed by atoms with Crippen molar-refractivity contribution < 1.29 is 19.1 Å². The van der Waals surface area contributed by atoms with E-state index in [4.69, 9.17) is 4.74 Å². The Kier molecular flexibility index (Phi) is 5.17. The highest BCUT2D eigenvalue weighted by atomic mass is 16.5. The minimum absolute atomic E-state index is 0.109. The smallest absolute Gasteiger partial charge is 0.335 e. The Morgan fingerprint density at radius 3 is 2.37 bits per heavy atom. The van der Waals surface area contributed by atoms with Gasteiger partial charge in [-0.1, -0.05) is 42.5 Å². The topological polar surface area (TPSA) is 75.7 Å². The van der Waals surface area contributed by atoms with Crippen molar-refractivity contribution >= 4 is 29.6 Å². The zero-order chi connectivity index (χ0) is 19.4. The molecule has 1 N–H and O–H groups in total. The number of barbiturate groups is 1. The van der Waals surface area contributed by atoms with Gasteiger partial charge in [0.1, 0.15) is 11.3 Å². The third kappa shape index (κ3) is 3.79. The Morgan fingerprint density at radius 2 is 1.70 bits per heavy atom. The number of nitrogens with zero attached hydrogens (tertiary/aromatic N) is 1. The summed E-state index contributed by atoms with van der Waals surface area (Å²) in [5, 5.41) is 2.21. The molecule has 0 aromatic heterocycles. The summed E-state index contributed by atoms with van der Waals surface area (Å²) in [6.45, 7) is 1.79. The van der Waals surface area contributed by atoms with Gasteiger partial charge in [-0.05, 0) is 42.3 Å². The van der Waals surface area contributed by atoms with E-state index in [0.717, 1.165) is 21.8 Å². The van der Waals surface area contributed by atoms with Crippen molar-refractivity contribution in [2.45, 2.75) is 6.92 Å². The average molecular weight is 362 g/mol. The number of para-hydroxylation sites is 1. The molecule has 1 fully saturated rings. The number of benzene rings is 2. The van der Waals surface area contributed by atoms with Crippen LogP contribution < -0.4 is 15.0 Å². The van der Waals surface area contributed by atoms with E-state index in [1.54, 1.807) is 44.4 Å². The van der Waals surface area contributed by atoms with Crippen LogP contribution in [-0.2, 0) is 9.59 Å². The molecule has 1 aliphatic heterocycles. The van der Waals surface area contributed by atoms with Crippen LogP contribution in [0.15, 0.2) is 66.3 Å². The molecule has 136 valence electrons. The lowest BCUT2D eigenvalue weighted by molar-refractivity contribution is -0.122. The molecule has 0 radical (unpaired) electrons. The molecule has 0 spiro atoms. The van der Waals surface area contributed by atoms with E-state index in [1.807, 2.05) is 30.3 Å². The van der Waals surface area contributed by atoms with Crippen LogP contribution in [0.25, 0.3) is 6.08 Å². The molecule has 6 nitrogen and oxygen atoms in total. The second-order valence-electron chi connectivity index (χ2n) is 5.90. The number of carbonyl (C=O) groups excluding carboxylic acids is 3. The molecule has 0 bridgehead atoms. The first kappa shape index (κ1) is 18.1. The fraction of sp³-hybridized carbons (Fsp3) is 0.0952. The zero-order valence-electron chi connectivity index (χ0n) is 14.9. The fourth-order valence-corrected chi connectivity index (χ4v) is 2.68. The molecular weight excluding hydrogens is 344 g/mol.